The topological polar surface area (TPSA) is 110 Å². The van der Waals surface area contributed by atoms with Gasteiger partial charge in [-0.25, -0.2) is 18.1 Å². The van der Waals surface area contributed by atoms with Crippen molar-refractivity contribution in [3.05, 3.63) is 105 Å². The van der Waals surface area contributed by atoms with Crippen molar-refractivity contribution in [2.45, 2.75) is 25.4 Å². The van der Waals surface area contributed by atoms with Gasteiger partial charge in [0.2, 0.25) is 5.91 Å². The van der Waals surface area contributed by atoms with Gasteiger partial charge in [0.1, 0.15) is 17.7 Å². The van der Waals surface area contributed by atoms with Gasteiger partial charge < -0.3 is 10.3 Å². The van der Waals surface area contributed by atoms with Crippen LogP contribution in [0.5, 0.6) is 0 Å². The molecule has 0 radical (unpaired) electrons. The van der Waals surface area contributed by atoms with E-state index in [1.165, 1.54) is 25.4 Å². The van der Waals surface area contributed by atoms with E-state index in [1.54, 1.807) is 30.3 Å². The van der Waals surface area contributed by atoms with Crippen molar-refractivity contribution in [3.63, 3.8) is 0 Å². The fourth-order valence-electron chi connectivity index (χ4n) is 3.65. The minimum absolute atomic E-state index is 0.0261. The van der Waals surface area contributed by atoms with E-state index in [-0.39, 0.29) is 22.9 Å². The standard InChI is InChI=1S/C23H19F2N5O3/c1-13(16-8-7-15(24)10-18(16)25)28-21(31)20(9-14-5-3-2-4-6-14)30-22(32)17-11-26-27-12-19(17)29-23(30)33/h2-8,10-13,20H,9H2,1H3,(H,28,31)(H,29,33)/t13-,20-/m1/s1. The third kappa shape index (κ3) is 4.54. The summed E-state index contributed by atoms with van der Waals surface area (Å²) in [6.45, 7) is 1.52. The highest BCUT2D eigenvalue weighted by Crippen LogP contribution is 2.20. The van der Waals surface area contributed by atoms with Crippen LogP contribution in [0.2, 0.25) is 0 Å². The van der Waals surface area contributed by atoms with Crippen LogP contribution >= 0.6 is 0 Å². The van der Waals surface area contributed by atoms with E-state index in [0.717, 1.165) is 16.7 Å². The predicted octanol–water partition coefficient (Wildman–Crippen LogP) is 2.42. The summed E-state index contributed by atoms with van der Waals surface area (Å²) in [7, 11) is 0. The Hall–Kier alpha value is -4.21. The Balaban J connectivity index is 1.76. The summed E-state index contributed by atoms with van der Waals surface area (Å²) in [5, 5.41) is 10.1. The largest absolute Gasteiger partial charge is 0.348 e. The number of rotatable bonds is 6. The summed E-state index contributed by atoms with van der Waals surface area (Å²) >= 11 is 0. The second-order valence-corrected chi connectivity index (χ2v) is 7.52. The minimum atomic E-state index is -1.24. The third-order valence-electron chi connectivity index (χ3n) is 5.31. The number of H-pyrrole nitrogens is 1. The van der Waals surface area contributed by atoms with Crippen molar-refractivity contribution in [2.75, 3.05) is 0 Å². The average Bonchev–Trinajstić information content (AvgIpc) is 2.79. The summed E-state index contributed by atoms with van der Waals surface area (Å²) in [5.74, 6) is -2.24. The second-order valence-electron chi connectivity index (χ2n) is 7.52. The van der Waals surface area contributed by atoms with Crippen LogP contribution in [0.15, 0.2) is 70.5 Å². The molecule has 1 amide bonds. The lowest BCUT2D eigenvalue weighted by molar-refractivity contribution is -0.125. The molecule has 2 aromatic heterocycles. The molecule has 33 heavy (non-hydrogen) atoms. The molecule has 0 saturated carbocycles. The molecule has 0 spiro atoms. The molecule has 0 aliphatic carbocycles. The highest BCUT2D eigenvalue weighted by atomic mass is 19.1. The molecule has 4 aromatic rings. The number of fused-ring (bicyclic) bond motifs is 1. The van der Waals surface area contributed by atoms with Crippen LogP contribution in [0.25, 0.3) is 10.9 Å². The molecule has 4 rings (SSSR count). The van der Waals surface area contributed by atoms with Gasteiger partial charge in [-0.2, -0.15) is 10.2 Å². The first-order valence-corrected chi connectivity index (χ1v) is 10.1. The van der Waals surface area contributed by atoms with E-state index < -0.39 is 40.9 Å². The lowest BCUT2D eigenvalue weighted by Gasteiger charge is -2.22. The highest BCUT2D eigenvalue weighted by Gasteiger charge is 2.27. The van der Waals surface area contributed by atoms with Crippen molar-refractivity contribution in [1.82, 2.24) is 25.1 Å². The maximum atomic E-state index is 14.2. The molecule has 2 N–H and O–H groups in total. The molecule has 10 heteroatoms. The molecule has 0 aliphatic rings. The van der Waals surface area contributed by atoms with Gasteiger partial charge in [0, 0.05) is 18.1 Å². The Morgan fingerprint density at radius 3 is 2.55 bits per heavy atom. The van der Waals surface area contributed by atoms with Gasteiger partial charge in [0.15, 0.2) is 0 Å². The molecule has 8 nitrogen and oxygen atoms in total. The zero-order chi connectivity index (χ0) is 23.5. The second kappa shape index (κ2) is 9.11. The first kappa shape index (κ1) is 22.0. The van der Waals surface area contributed by atoms with Crippen molar-refractivity contribution < 1.29 is 13.6 Å². The zero-order valence-corrected chi connectivity index (χ0v) is 17.5. The van der Waals surface area contributed by atoms with Crippen molar-refractivity contribution in [3.8, 4) is 0 Å². The Labute approximate surface area is 185 Å². The van der Waals surface area contributed by atoms with Crippen LogP contribution in [0, 0.1) is 11.6 Å². The Bertz CT molecular complexity index is 1440. The third-order valence-corrected chi connectivity index (χ3v) is 5.31. The molecule has 0 saturated heterocycles. The number of carbonyl (C=O) groups is 1. The average molecular weight is 451 g/mol. The molecule has 0 unspecified atom stereocenters. The lowest BCUT2D eigenvalue weighted by atomic mass is 10.0. The van der Waals surface area contributed by atoms with E-state index in [2.05, 4.69) is 20.5 Å². The van der Waals surface area contributed by atoms with E-state index in [9.17, 15) is 23.2 Å². The number of nitrogens with zero attached hydrogens (tertiary/aromatic N) is 3. The molecule has 2 heterocycles. The summed E-state index contributed by atoms with van der Waals surface area (Å²) in [6, 6.07) is 9.80. The molecule has 0 fully saturated rings. The van der Waals surface area contributed by atoms with Crippen LogP contribution in [0.1, 0.15) is 30.1 Å². The van der Waals surface area contributed by atoms with Gasteiger partial charge >= 0.3 is 5.69 Å². The Morgan fingerprint density at radius 1 is 1.09 bits per heavy atom. The fraction of sp³-hybridized carbons (Fsp3) is 0.174. The number of benzene rings is 2. The minimum Gasteiger partial charge on any atom is -0.348 e. The zero-order valence-electron chi connectivity index (χ0n) is 17.5. The number of hydrogen-bond acceptors (Lipinski definition) is 5. The monoisotopic (exact) mass is 451 g/mol. The van der Waals surface area contributed by atoms with E-state index in [1.807, 2.05) is 0 Å². The molecule has 2 atom stereocenters. The first-order chi connectivity index (χ1) is 15.8. The first-order valence-electron chi connectivity index (χ1n) is 10.1. The smallest absolute Gasteiger partial charge is 0.329 e. The number of nitrogens with one attached hydrogen (secondary N) is 2. The van der Waals surface area contributed by atoms with Gasteiger partial charge in [-0.15, -0.1) is 0 Å². The van der Waals surface area contributed by atoms with Gasteiger partial charge in [0.25, 0.3) is 5.56 Å². The van der Waals surface area contributed by atoms with Crippen molar-refractivity contribution in [2.24, 2.45) is 0 Å². The summed E-state index contributed by atoms with van der Waals surface area (Å²) < 4.78 is 28.3. The maximum absolute atomic E-state index is 14.2. The summed E-state index contributed by atoms with van der Waals surface area (Å²) in [5.41, 5.74) is -0.537. The van der Waals surface area contributed by atoms with Crippen molar-refractivity contribution in [1.29, 1.82) is 0 Å². The van der Waals surface area contributed by atoms with Crippen LogP contribution < -0.4 is 16.6 Å². The van der Waals surface area contributed by atoms with Gasteiger partial charge in [0.05, 0.1) is 29.3 Å². The SMILES string of the molecule is C[C@@H](NC(=O)[C@@H](Cc1ccccc1)n1c(=O)[nH]c2cnncc2c1=O)c1ccc(F)cc1F. The van der Waals surface area contributed by atoms with E-state index in [4.69, 9.17) is 0 Å². The van der Waals surface area contributed by atoms with E-state index in [0.29, 0.717) is 5.56 Å². The number of carbonyl (C=O) groups excluding carboxylic acids is 1. The van der Waals surface area contributed by atoms with Crippen LogP contribution in [0.4, 0.5) is 8.78 Å². The number of aromatic nitrogens is 4. The number of halogens is 2. The van der Waals surface area contributed by atoms with Crippen molar-refractivity contribution >= 4 is 16.8 Å². The Kier molecular flexibility index (Phi) is 6.07. The van der Waals surface area contributed by atoms with Crippen LogP contribution in [0.3, 0.4) is 0 Å². The quantitative estimate of drug-likeness (QED) is 0.468. The summed E-state index contributed by atoms with van der Waals surface area (Å²) in [6.07, 6.45) is 2.48. The normalized spacial score (nSPS) is 12.9. The molecular weight excluding hydrogens is 432 g/mol. The molecule has 0 aliphatic heterocycles. The number of hydrogen-bond donors (Lipinski definition) is 2. The number of amides is 1. The van der Waals surface area contributed by atoms with Gasteiger partial charge in [-0.05, 0) is 18.6 Å². The van der Waals surface area contributed by atoms with Crippen LogP contribution in [-0.2, 0) is 11.2 Å². The molecular formula is C23H19F2N5O3. The van der Waals surface area contributed by atoms with Gasteiger partial charge in [-0.3, -0.25) is 9.59 Å². The molecule has 0 bridgehead atoms. The molecule has 168 valence electrons. The molecule has 2 aromatic carbocycles. The van der Waals surface area contributed by atoms with Crippen LogP contribution in [-0.4, -0.2) is 25.7 Å². The summed E-state index contributed by atoms with van der Waals surface area (Å²) in [4.78, 5) is 41.8. The predicted molar refractivity (Wildman–Crippen MR) is 117 cm³/mol. The lowest BCUT2D eigenvalue weighted by Crippen LogP contribution is -2.46. The van der Waals surface area contributed by atoms with E-state index >= 15 is 0 Å². The number of aromatic amines is 1. The Morgan fingerprint density at radius 2 is 1.82 bits per heavy atom. The fourth-order valence-corrected chi connectivity index (χ4v) is 3.65. The maximum Gasteiger partial charge on any atom is 0.329 e. The highest BCUT2D eigenvalue weighted by molar-refractivity contribution is 5.82. The van der Waals surface area contributed by atoms with Gasteiger partial charge in [-0.1, -0.05) is 36.4 Å².